The van der Waals surface area contributed by atoms with Crippen LogP contribution in [0.15, 0.2) is 48.8 Å². The Morgan fingerprint density at radius 3 is 2.29 bits per heavy atom. The van der Waals surface area contributed by atoms with E-state index in [4.69, 9.17) is 9.47 Å². The van der Waals surface area contributed by atoms with E-state index in [1.807, 2.05) is 23.1 Å². The van der Waals surface area contributed by atoms with Crippen molar-refractivity contribution in [2.75, 3.05) is 51.3 Å². The minimum Gasteiger partial charge on any atom is -0.495 e. The highest BCUT2D eigenvalue weighted by Crippen LogP contribution is 2.37. The number of piperidine rings is 1. The lowest BCUT2D eigenvalue weighted by atomic mass is 9.89. The van der Waals surface area contributed by atoms with Crippen molar-refractivity contribution in [3.63, 3.8) is 0 Å². The third kappa shape index (κ3) is 6.49. The smallest absolute Gasteiger partial charge is 0.433 e. The number of anilines is 1. The normalized spacial score (nSPS) is 19.4. The molecule has 10 nitrogen and oxygen atoms in total. The number of benzene rings is 1. The molecule has 0 radical (unpaired) electrons. The average Bonchev–Trinajstić information content (AvgIpc) is 3.40. The molecule has 16 heteroatoms. The molecule has 2 aromatic heterocycles. The zero-order chi connectivity index (χ0) is 32.6. The van der Waals surface area contributed by atoms with E-state index in [2.05, 4.69) is 10.1 Å². The van der Waals surface area contributed by atoms with Crippen molar-refractivity contribution in [3.8, 4) is 11.6 Å². The van der Waals surface area contributed by atoms with Crippen LogP contribution < -0.4 is 14.4 Å². The van der Waals surface area contributed by atoms with Crippen LogP contribution in [0.1, 0.15) is 34.5 Å². The molecule has 1 aromatic carbocycles. The number of methoxy groups -OCH3 is 1. The number of piperazine rings is 1. The van der Waals surface area contributed by atoms with Crippen LogP contribution in [0.3, 0.4) is 0 Å². The minimum atomic E-state index is -4.85. The van der Waals surface area contributed by atoms with Gasteiger partial charge in [0.25, 0.3) is 11.8 Å². The lowest BCUT2D eigenvalue weighted by Gasteiger charge is -2.45. The molecule has 3 aromatic rings. The van der Waals surface area contributed by atoms with Gasteiger partial charge in [0.15, 0.2) is 0 Å². The first-order valence-corrected chi connectivity index (χ1v) is 14.0. The summed E-state index contributed by atoms with van der Waals surface area (Å²) in [7, 11) is 2.61. The molecule has 1 atom stereocenters. The highest BCUT2D eigenvalue weighted by Gasteiger charge is 2.50. The van der Waals surface area contributed by atoms with E-state index in [1.54, 1.807) is 13.2 Å². The van der Waals surface area contributed by atoms with E-state index in [-0.39, 0.29) is 32.5 Å². The predicted molar refractivity (Wildman–Crippen MR) is 148 cm³/mol. The maximum Gasteiger partial charge on any atom is 0.433 e. The summed E-state index contributed by atoms with van der Waals surface area (Å²) in [5.74, 6) is -1.50. The molecule has 2 aliphatic rings. The van der Waals surface area contributed by atoms with Gasteiger partial charge in [-0.15, -0.1) is 5.10 Å². The molecule has 0 saturated carbocycles. The van der Waals surface area contributed by atoms with E-state index < -0.39 is 59.0 Å². The largest absolute Gasteiger partial charge is 0.495 e. The number of halogens is 6. The second-order valence-corrected chi connectivity index (χ2v) is 10.8. The van der Waals surface area contributed by atoms with Gasteiger partial charge < -0.3 is 24.2 Å². The van der Waals surface area contributed by atoms with Crippen LogP contribution in [-0.4, -0.2) is 88.4 Å². The highest BCUT2D eigenvalue weighted by molar-refractivity contribution is 5.96. The summed E-state index contributed by atoms with van der Waals surface area (Å²) in [4.78, 5) is 35.9. The summed E-state index contributed by atoms with van der Waals surface area (Å²) in [5, 5.41) is 3.81. The summed E-state index contributed by atoms with van der Waals surface area (Å²) in [6.07, 6.45) is -7.79. The van der Waals surface area contributed by atoms with Crippen molar-refractivity contribution in [1.29, 1.82) is 0 Å². The fourth-order valence-corrected chi connectivity index (χ4v) is 5.77. The van der Waals surface area contributed by atoms with Crippen LogP contribution in [-0.2, 0) is 24.2 Å². The van der Waals surface area contributed by atoms with E-state index in [1.165, 1.54) is 4.90 Å². The van der Waals surface area contributed by atoms with Crippen molar-refractivity contribution in [2.45, 2.75) is 30.8 Å². The van der Waals surface area contributed by atoms with Crippen molar-refractivity contribution in [3.05, 3.63) is 65.6 Å². The Balaban J connectivity index is 1.45. The van der Waals surface area contributed by atoms with Gasteiger partial charge >= 0.3 is 12.4 Å². The molecule has 0 spiro atoms. The number of hydrogen-bond donors (Lipinski definition) is 0. The van der Waals surface area contributed by atoms with Gasteiger partial charge in [0, 0.05) is 58.2 Å². The minimum absolute atomic E-state index is 0.0129. The number of carbonyl (C=O) groups is 2. The number of hydrogen-bond acceptors (Lipinski definition) is 7. The molecular weight excluding hydrogens is 610 g/mol. The second kappa shape index (κ2) is 12.1. The third-order valence-corrected chi connectivity index (χ3v) is 7.93. The van der Waals surface area contributed by atoms with Gasteiger partial charge in [-0.05, 0) is 31.0 Å². The molecule has 5 rings (SSSR count). The molecule has 0 unspecified atom stereocenters. The summed E-state index contributed by atoms with van der Waals surface area (Å²) in [6, 6.07) is 8.68. The number of pyridine rings is 1. The number of ether oxygens (including phenoxy) is 2. The van der Waals surface area contributed by atoms with Gasteiger partial charge in [-0.2, -0.15) is 26.3 Å². The zero-order valence-corrected chi connectivity index (χ0v) is 24.4. The maximum atomic E-state index is 14.2. The molecule has 2 aliphatic heterocycles. The van der Waals surface area contributed by atoms with Crippen molar-refractivity contribution >= 4 is 17.5 Å². The van der Waals surface area contributed by atoms with Gasteiger partial charge in [-0.3, -0.25) is 19.3 Å². The van der Waals surface area contributed by atoms with Crippen LogP contribution in [0.2, 0.25) is 0 Å². The highest BCUT2D eigenvalue weighted by atomic mass is 19.4. The quantitative estimate of drug-likeness (QED) is 0.372. The number of rotatable bonds is 6. The van der Waals surface area contributed by atoms with Crippen LogP contribution in [0, 0.1) is 0 Å². The number of aryl methyl sites for hydroxylation is 1. The molecule has 0 bridgehead atoms. The van der Waals surface area contributed by atoms with Crippen LogP contribution >= 0.6 is 0 Å². The lowest BCUT2D eigenvalue weighted by molar-refractivity contribution is -0.153. The molecule has 4 heterocycles. The Morgan fingerprint density at radius 1 is 0.933 bits per heavy atom. The average molecular weight is 641 g/mol. The second-order valence-electron chi connectivity index (χ2n) is 10.8. The van der Waals surface area contributed by atoms with E-state index >= 15 is 0 Å². The van der Waals surface area contributed by atoms with Gasteiger partial charge in [0.1, 0.15) is 11.4 Å². The molecule has 2 saturated heterocycles. The Kier molecular flexibility index (Phi) is 8.60. The monoisotopic (exact) mass is 640 g/mol. The summed E-state index contributed by atoms with van der Waals surface area (Å²) >= 11 is 0. The topological polar surface area (TPSA) is 93.0 Å². The standard InChI is InChI=1S/C29H30F6N6O4/c1-38-23(29(33,34)35)16-24(37-38)45-27(26(43)40-14-12-39(13-15-40)21-6-3-4-7-22(21)44-2)9-5-11-41(18-27)25(42)19-17-36-10-8-20(19)28(30,31)32/h3-4,6-8,10,16-17H,5,9,11-15,18H2,1-2H3/t27-/m0/s1. The van der Waals surface area contributed by atoms with Crippen LogP contribution in [0.25, 0.3) is 0 Å². The number of para-hydroxylation sites is 2. The Labute approximate surface area is 254 Å². The molecule has 242 valence electrons. The van der Waals surface area contributed by atoms with Gasteiger partial charge in [0.05, 0.1) is 30.5 Å². The van der Waals surface area contributed by atoms with Gasteiger partial charge in [0.2, 0.25) is 11.5 Å². The zero-order valence-electron chi connectivity index (χ0n) is 24.4. The van der Waals surface area contributed by atoms with Gasteiger partial charge in [-0.25, -0.2) is 0 Å². The molecule has 2 amide bonds. The number of amides is 2. The fraction of sp³-hybridized carbons (Fsp3) is 0.448. The third-order valence-electron chi connectivity index (χ3n) is 7.93. The Morgan fingerprint density at radius 2 is 1.64 bits per heavy atom. The lowest BCUT2D eigenvalue weighted by Crippen LogP contribution is -2.64. The first-order valence-electron chi connectivity index (χ1n) is 14.0. The summed E-state index contributed by atoms with van der Waals surface area (Å²) in [6.45, 7) is 0.649. The Hall–Kier alpha value is -4.50. The first kappa shape index (κ1) is 31.9. The predicted octanol–water partition coefficient (Wildman–Crippen LogP) is 4.26. The molecule has 2 fully saturated rings. The fourth-order valence-electron chi connectivity index (χ4n) is 5.77. The van der Waals surface area contributed by atoms with Crippen molar-refractivity contribution < 1.29 is 45.4 Å². The Bertz CT molecular complexity index is 1550. The van der Waals surface area contributed by atoms with Gasteiger partial charge in [-0.1, -0.05) is 12.1 Å². The van der Waals surface area contributed by atoms with E-state index in [9.17, 15) is 35.9 Å². The van der Waals surface area contributed by atoms with Crippen LogP contribution in [0.4, 0.5) is 32.0 Å². The molecular formula is C29H30F6N6O4. The van der Waals surface area contributed by atoms with Crippen LogP contribution in [0.5, 0.6) is 11.6 Å². The van der Waals surface area contributed by atoms with E-state index in [0.29, 0.717) is 35.7 Å². The summed E-state index contributed by atoms with van der Waals surface area (Å²) in [5.41, 5.74) is -4.14. The van der Waals surface area contributed by atoms with E-state index in [0.717, 1.165) is 30.0 Å². The maximum absolute atomic E-state index is 14.2. The molecule has 0 aliphatic carbocycles. The molecule has 45 heavy (non-hydrogen) atoms. The molecule has 0 N–H and O–H groups in total. The van der Waals surface area contributed by atoms with Crippen molar-refractivity contribution in [1.82, 2.24) is 24.6 Å². The number of alkyl halides is 6. The number of carbonyl (C=O) groups excluding carboxylic acids is 2. The number of likely N-dealkylation sites (tertiary alicyclic amines) is 1. The summed E-state index contributed by atoms with van der Waals surface area (Å²) < 4.78 is 93.8. The number of nitrogens with zero attached hydrogens (tertiary/aromatic N) is 6. The number of aromatic nitrogens is 3. The van der Waals surface area contributed by atoms with Crippen molar-refractivity contribution in [2.24, 2.45) is 7.05 Å². The SMILES string of the molecule is COc1ccccc1N1CCN(C(=O)[C@]2(Oc3cc(C(F)(F)F)n(C)n3)CCCN(C(=O)c3cnccc3C(F)(F)F)C2)CC1. The first-order chi connectivity index (χ1) is 21.2.